The molecule has 1 aliphatic heterocycles. The van der Waals surface area contributed by atoms with E-state index in [1.54, 1.807) is 17.0 Å². The van der Waals surface area contributed by atoms with Crippen LogP contribution in [0.3, 0.4) is 0 Å². The molecule has 2 heterocycles. The number of aromatic nitrogens is 2. The van der Waals surface area contributed by atoms with Gasteiger partial charge in [-0.2, -0.15) is 0 Å². The maximum atomic E-state index is 13.2. The standard InChI is InChI=1S/C20H20FN3O/c1-13(2)24-18-6-4-3-5-17(18)22-20(24)14-11-19(25)23(12-14)16-9-7-15(21)8-10-16/h3-10,13-14H,11-12H2,1-2H3/t14-/m1/s1. The molecule has 1 amide bonds. The maximum absolute atomic E-state index is 13.2. The van der Waals surface area contributed by atoms with Gasteiger partial charge in [0.25, 0.3) is 0 Å². The van der Waals surface area contributed by atoms with E-state index in [4.69, 9.17) is 4.98 Å². The van der Waals surface area contributed by atoms with Gasteiger partial charge in [-0.1, -0.05) is 12.1 Å². The highest BCUT2D eigenvalue weighted by molar-refractivity contribution is 5.96. The Morgan fingerprint density at radius 1 is 1.12 bits per heavy atom. The summed E-state index contributed by atoms with van der Waals surface area (Å²) in [5.41, 5.74) is 2.79. The Morgan fingerprint density at radius 2 is 1.84 bits per heavy atom. The highest BCUT2D eigenvalue weighted by atomic mass is 19.1. The second-order valence-corrected chi connectivity index (χ2v) is 6.80. The lowest BCUT2D eigenvalue weighted by atomic mass is 10.1. The zero-order valence-corrected chi connectivity index (χ0v) is 14.3. The van der Waals surface area contributed by atoms with Crippen molar-refractivity contribution in [3.05, 3.63) is 60.2 Å². The number of anilines is 1. The van der Waals surface area contributed by atoms with Gasteiger partial charge in [0, 0.05) is 30.6 Å². The fourth-order valence-electron chi connectivity index (χ4n) is 3.64. The van der Waals surface area contributed by atoms with Gasteiger partial charge in [-0.05, 0) is 50.2 Å². The molecule has 25 heavy (non-hydrogen) atoms. The molecule has 1 aromatic heterocycles. The van der Waals surface area contributed by atoms with Crippen molar-refractivity contribution in [2.24, 2.45) is 0 Å². The molecule has 1 atom stereocenters. The smallest absolute Gasteiger partial charge is 0.227 e. The fourth-order valence-corrected chi connectivity index (χ4v) is 3.64. The summed E-state index contributed by atoms with van der Waals surface area (Å²) in [5, 5.41) is 0. The first-order valence-electron chi connectivity index (χ1n) is 8.57. The first kappa shape index (κ1) is 15.8. The Bertz CT molecular complexity index is 930. The van der Waals surface area contributed by atoms with E-state index in [0.29, 0.717) is 13.0 Å². The van der Waals surface area contributed by atoms with E-state index in [1.807, 2.05) is 18.2 Å². The van der Waals surface area contributed by atoms with Crippen molar-refractivity contribution in [2.75, 3.05) is 11.4 Å². The van der Waals surface area contributed by atoms with Gasteiger partial charge in [-0.25, -0.2) is 9.37 Å². The van der Waals surface area contributed by atoms with Gasteiger partial charge >= 0.3 is 0 Å². The molecule has 2 aromatic carbocycles. The van der Waals surface area contributed by atoms with Crippen LogP contribution in [0.4, 0.5) is 10.1 Å². The summed E-state index contributed by atoms with van der Waals surface area (Å²) >= 11 is 0. The maximum Gasteiger partial charge on any atom is 0.227 e. The molecule has 128 valence electrons. The number of amides is 1. The molecule has 0 spiro atoms. The average Bonchev–Trinajstić information content (AvgIpc) is 3.16. The molecule has 0 N–H and O–H groups in total. The predicted molar refractivity (Wildman–Crippen MR) is 96.2 cm³/mol. The van der Waals surface area contributed by atoms with Crippen LogP contribution >= 0.6 is 0 Å². The normalized spacial score (nSPS) is 17.8. The minimum atomic E-state index is -0.298. The molecular weight excluding hydrogens is 317 g/mol. The van der Waals surface area contributed by atoms with Gasteiger partial charge in [0.05, 0.1) is 11.0 Å². The Balaban J connectivity index is 1.71. The number of carbonyl (C=O) groups excluding carboxylic acids is 1. The number of carbonyl (C=O) groups is 1. The van der Waals surface area contributed by atoms with Crippen LogP contribution in [0.25, 0.3) is 11.0 Å². The van der Waals surface area contributed by atoms with Gasteiger partial charge in [0.2, 0.25) is 5.91 Å². The van der Waals surface area contributed by atoms with E-state index in [2.05, 4.69) is 24.5 Å². The van der Waals surface area contributed by atoms with E-state index in [9.17, 15) is 9.18 Å². The third-order valence-corrected chi connectivity index (χ3v) is 4.77. The molecule has 0 radical (unpaired) electrons. The number of imidazole rings is 1. The Hall–Kier alpha value is -2.69. The van der Waals surface area contributed by atoms with E-state index in [0.717, 1.165) is 22.5 Å². The van der Waals surface area contributed by atoms with E-state index >= 15 is 0 Å². The highest BCUT2D eigenvalue weighted by Gasteiger charge is 2.35. The van der Waals surface area contributed by atoms with Crippen LogP contribution in [-0.2, 0) is 4.79 Å². The Kier molecular flexibility index (Phi) is 3.79. The second kappa shape index (κ2) is 5.99. The fraction of sp³-hybridized carbons (Fsp3) is 0.300. The second-order valence-electron chi connectivity index (χ2n) is 6.80. The SMILES string of the molecule is CC(C)n1c([C@@H]2CC(=O)N(c3ccc(F)cc3)C2)nc2ccccc21. The lowest BCUT2D eigenvalue weighted by Gasteiger charge is -2.18. The Labute approximate surface area is 145 Å². The van der Waals surface area contributed by atoms with Crippen molar-refractivity contribution in [3.63, 3.8) is 0 Å². The molecule has 0 saturated carbocycles. The number of halogens is 1. The average molecular weight is 337 g/mol. The van der Waals surface area contributed by atoms with Crippen molar-refractivity contribution in [2.45, 2.75) is 32.2 Å². The molecule has 4 rings (SSSR count). The molecule has 1 aliphatic rings. The number of hydrogen-bond donors (Lipinski definition) is 0. The zero-order valence-electron chi connectivity index (χ0n) is 14.3. The minimum Gasteiger partial charge on any atom is -0.325 e. The van der Waals surface area contributed by atoms with E-state index in [-0.39, 0.29) is 23.7 Å². The number of hydrogen-bond acceptors (Lipinski definition) is 2. The first-order chi connectivity index (χ1) is 12.0. The quantitative estimate of drug-likeness (QED) is 0.715. The van der Waals surface area contributed by atoms with Crippen LogP contribution in [0.5, 0.6) is 0 Å². The molecule has 1 saturated heterocycles. The van der Waals surface area contributed by atoms with Gasteiger partial charge in [0.15, 0.2) is 0 Å². The largest absolute Gasteiger partial charge is 0.325 e. The summed E-state index contributed by atoms with van der Waals surface area (Å²) in [6, 6.07) is 14.4. The molecular formula is C20H20FN3O. The summed E-state index contributed by atoms with van der Waals surface area (Å²) in [6.45, 7) is 4.83. The topological polar surface area (TPSA) is 38.1 Å². The van der Waals surface area contributed by atoms with E-state index < -0.39 is 0 Å². The number of rotatable bonds is 3. The summed E-state index contributed by atoms with van der Waals surface area (Å²) in [5.74, 6) is 0.744. The van der Waals surface area contributed by atoms with Crippen molar-refractivity contribution in [1.82, 2.24) is 9.55 Å². The molecule has 0 unspecified atom stereocenters. The lowest BCUT2D eigenvalue weighted by molar-refractivity contribution is -0.117. The van der Waals surface area contributed by atoms with E-state index in [1.165, 1.54) is 12.1 Å². The molecule has 0 bridgehead atoms. The molecule has 1 fully saturated rings. The lowest BCUT2D eigenvalue weighted by Crippen LogP contribution is -2.24. The summed E-state index contributed by atoms with van der Waals surface area (Å²) in [7, 11) is 0. The van der Waals surface area contributed by atoms with Crippen molar-refractivity contribution < 1.29 is 9.18 Å². The minimum absolute atomic E-state index is 0.0346. The summed E-state index contributed by atoms with van der Waals surface area (Å²) in [4.78, 5) is 19.1. The monoisotopic (exact) mass is 337 g/mol. The molecule has 3 aromatic rings. The number of fused-ring (bicyclic) bond motifs is 1. The van der Waals surface area contributed by atoms with Crippen LogP contribution in [0.2, 0.25) is 0 Å². The van der Waals surface area contributed by atoms with Gasteiger partial charge in [-0.15, -0.1) is 0 Å². The highest BCUT2D eigenvalue weighted by Crippen LogP contribution is 2.34. The van der Waals surface area contributed by atoms with Crippen LogP contribution in [0.1, 0.15) is 38.1 Å². The molecule has 4 nitrogen and oxygen atoms in total. The molecule has 5 heteroatoms. The Morgan fingerprint density at radius 3 is 2.56 bits per heavy atom. The molecule has 0 aliphatic carbocycles. The first-order valence-corrected chi connectivity index (χ1v) is 8.57. The van der Waals surface area contributed by atoms with Crippen molar-refractivity contribution in [1.29, 1.82) is 0 Å². The van der Waals surface area contributed by atoms with Crippen LogP contribution in [-0.4, -0.2) is 22.0 Å². The summed E-state index contributed by atoms with van der Waals surface area (Å²) < 4.78 is 15.4. The van der Waals surface area contributed by atoms with Crippen molar-refractivity contribution >= 4 is 22.6 Å². The summed E-state index contributed by atoms with van der Waals surface area (Å²) in [6.07, 6.45) is 0.424. The number of nitrogens with zero attached hydrogens (tertiary/aromatic N) is 3. The number of benzene rings is 2. The predicted octanol–water partition coefficient (Wildman–Crippen LogP) is 4.28. The third kappa shape index (κ3) is 2.69. The third-order valence-electron chi connectivity index (χ3n) is 4.77. The van der Waals surface area contributed by atoms with Gasteiger partial charge < -0.3 is 9.47 Å². The van der Waals surface area contributed by atoms with Crippen molar-refractivity contribution in [3.8, 4) is 0 Å². The van der Waals surface area contributed by atoms with Crippen LogP contribution < -0.4 is 4.90 Å². The van der Waals surface area contributed by atoms with Gasteiger partial charge in [0.1, 0.15) is 11.6 Å². The number of para-hydroxylation sites is 2. The zero-order chi connectivity index (χ0) is 17.6. The van der Waals surface area contributed by atoms with Gasteiger partial charge in [-0.3, -0.25) is 4.79 Å². The van der Waals surface area contributed by atoms with Crippen LogP contribution in [0.15, 0.2) is 48.5 Å². The van der Waals surface area contributed by atoms with Crippen LogP contribution in [0, 0.1) is 5.82 Å².